The van der Waals surface area contributed by atoms with Gasteiger partial charge in [-0.3, -0.25) is 4.79 Å². The number of hydrogen-bond acceptors (Lipinski definition) is 11. The van der Waals surface area contributed by atoms with Crippen molar-refractivity contribution in [3.63, 3.8) is 0 Å². The zero-order chi connectivity index (χ0) is 39.3. The number of benzene rings is 4. The van der Waals surface area contributed by atoms with E-state index in [4.69, 9.17) is 19.9 Å². The van der Waals surface area contributed by atoms with E-state index in [9.17, 15) is 20.1 Å². The molecule has 0 aliphatic carbocycles. The molecule has 1 atom stereocenters. The number of aliphatic hydroxyl groups is 1. The van der Waals surface area contributed by atoms with Gasteiger partial charge in [-0.15, -0.1) is 0 Å². The Morgan fingerprint density at radius 1 is 0.661 bits per heavy atom. The lowest BCUT2D eigenvalue weighted by molar-refractivity contribution is -0.141. The molecule has 4 N–H and O–H groups in total. The quantitative estimate of drug-likeness (QED) is 0.150. The molecule has 56 heavy (non-hydrogen) atoms. The summed E-state index contributed by atoms with van der Waals surface area (Å²) in [6.07, 6.45) is -0.476. The second-order valence-electron chi connectivity index (χ2n) is 15.0. The number of aromatic nitrogens is 4. The van der Waals surface area contributed by atoms with E-state index in [1.807, 2.05) is 63.2 Å². The topological polar surface area (TPSA) is 151 Å². The number of phenolic OH excluding ortho intramolecular Hbond substituents is 2. The number of amides is 1. The predicted octanol–water partition coefficient (Wildman–Crippen LogP) is 6.09. The third-order valence-corrected chi connectivity index (χ3v) is 10.2. The molecule has 6 aromatic rings. The minimum atomic E-state index is -0.947. The smallest absolute Gasteiger partial charge is 0.251 e. The van der Waals surface area contributed by atoms with Crippen LogP contribution in [0.3, 0.4) is 0 Å². The van der Waals surface area contributed by atoms with Crippen molar-refractivity contribution in [2.24, 2.45) is 5.92 Å². The third kappa shape index (κ3) is 8.51. The van der Waals surface area contributed by atoms with Crippen molar-refractivity contribution in [1.82, 2.24) is 30.2 Å². The molecule has 290 valence electrons. The van der Waals surface area contributed by atoms with Crippen molar-refractivity contribution in [3.8, 4) is 34.3 Å². The number of hydrogen-bond donors (Lipinski definition) is 4. The summed E-state index contributed by atoms with van der Waals surface area (Å²) in [4.78, 5) is 37.9. The molecule has 0 spiro atoms. The average molecular weight is 755 g/mol. The summed E-state index contributed by atoms with van der Waals surface area (Å²) < 4.78 is 0. The lowest BCUT2D eigenvalue weighted by Gasteiger charge is -2.37. The second kappa shape index (κ2) is 16.9. The summed E-state index contributed by atoms with van der Waals surface area (Å²) >= 11 is 0. The molecule has 8 rings (SSSR count). The van der Waals surface area contributed by atoms with Crippen LogP contribution in [0.1, 0.15) is 31.4 Å². The fraction of sp³-hybridized carbons (Fsp3) is 0.341. The van der Waals surface area contributed by atoms with E-state index in [0.29, 0.717) is 55.4 Å². The first-order chi connectivity index (χ1) is 27.0. The summed E-state index contributed by atoms with van der Waals surface area (Å²) in [6.45, 7) is 14.1. The van der Waals surface area contributed by atoms with Crippen LogP contribution in [0, 0.1) is 19.8 Å². The number of aryl methyl sites for hydroxylation is 2. The normalized spacial score (nSPS) is 15.2. The number of carbonyl (C=O) groups is 1. The van der Waals surface area contributed by atoms with Crippen LogP contribution in [-0.4, -0.2) is 105 Å². The number of fused-ring (bicyclic) bond motifs is 2. The molecule has 12 nitrogen and oxygen atoms in total. The molecule has 0 radical (unpaired) electrons. The van der Waals surface area contributed by atoms with E-state index in [1.54, 1.807) is 29.2 Å². The molecule has 0 bridgehead atoms. The van der Waals surface area contributed by atoms with Gasteiger partial charge >= 0.3 is 0 Å². The number of aliphatic hydroxyl groups excluding tert-OH is 1. The largest absolute Gasteiger partial charge is 0.507 e. The van der Waals surface area contributed by atoms with Gasteiger partial charge in [0.15, 0.2) is 11.6 Å². The molecule has 0 saturated carbocycles. The van der Waals surface area contributed by atoms with Gasteiger partial charge in [0.1, 0.15) is 29.2 Å². The minimum Gasteiger partial charge on any atom is -0.507 e. The highest BCUT2D eigenvalue weighted by Crippen LogP contribution is 2.34. The molecule has 2 aromatic heterocycles. The second-order valence-corrected chi connectivity index (χ2v) is 15.0. The molecule has 1 amide bonds. The number of para-hydroxylation sites is 2. The van der Waals surface area contributed by atoms with Crippen molar-refractivity contribution in [2.45, 2.75) is 40.2 Å². The van der Waals surface area contributed by atoms with Crippen LogP contribution in [0.5, 0.6) is 11.5 Å². The number of piperazine rings is 2. The lowest BCUT2D eigenvalue weighted by atomic mass is 10.0. The Hall–Kier alpha value is -5.85. The Morgan fingerprint density at radius 3 is 1.59 bits per heavy atom. The first kappa shape index (κ1) is 38.4. The predicted molar refractivity (Wildman–Crippen MR) is 222 cm³/mol. The van der Waals surface area contributed by atoms with Gasteiger partial charge in [0, 0.05) is 63.1 Å². The zero-order valence-corrected chi connectivity index (χ0v) is 32.5. The number of anilines is 2. The van der Waals surface area contributed by atoms with E-state index in [1.165, 1.54) is 0 Å². The Bertz CT molecular complexity index is 2340. The molecular formula is C44H50N8O4. The number of rotatable bonds is 7. The minimum absolute atomic E-state index is 0.139. The summed E-state index contributed by atoms with van der Waals surface area (Å²) in [6, 6.07) is 26.6. The number of aromatic hydroxyl groups is 2. The van der Waals surface area contributed by atoms with E-state index in [2.05, 4.69) is 40.2 Å². The van der Waals surface area contributed by atoms with Crippen LogP contribution in [0.2, 0.25) is 0 Å². The number of nitrogens with zero attached hydrogens (tertiary/aromatic N) is 7. The Labute approximate surface area is 327 Å². The monoisotopic (exact) mass is 754 g/mol. The Kier molecular flexibility index (Phi) is 11.6. The molecule has 0 unspecified atom stereocenters. The van der Waals surface area contributed by atoms with Crippen LogP contribution in [0.15, 0.2) is 84.9 Å². The highest BCUT2D eigenvalue weighted by molar-refractivity contribution is 5.93. The van der Waals surface area contributed by atoms with Crippen LogP contribution in [-0.2, 0) is 4.79 Å². The van der Waals surface area contributed by atoms with Gasteiger partial charge in [0.2, 0.25) is 0 Å². The molecule has 2 fully saturated rings. The maximum absolute atomic E-state index is 12.6. The number of carbonyl (C=O) groups excluding carboxylic acids is 1. The average Bonchev–Trinajstić information content (AvgIpc) is 3.20. The first-order valence-corrected chi connectivity index (χ1v) is 19.4. The van der Waals surface area contributed by atoms with Gasteiger partial charge in [0.05, 0.1) is 22.2 Å². The van der Waals surface area contributed by atoms with Crippen LogP contribution >= 0.6 is 0 Å². The summed E-state index contributed by atoms with van der Waals surface area (Å²) in [5.74, 6) is 3.19. The maximum atomic E-state index is 12.6. The van der Waals surface area contributed by atoms with E-state index in [-0.39, 0.29) is 23.3 Å². The number of nitrogens with one attached hydrogen (secondary N) is 1. The van der Waals surface area contributed by atoms with Crippen molar-refractivity contribution in [3.05, 3.63) is 96.1 Å². The summed E-state index contributed by atoms with van der Waals surface area (Å²) in [7, 11) is 0. The summed E-state index contributed by atoms with van der Waals surface area (Å²) in [5, 5.41) is 36.1. The van der Waals surface area contributed by atoms with Crippen LogP contribution < -0.4 is 15.1 Å². The maximum Gasteiger partial charge on any atom is 0.251 e. The first-order valence-electron chi connectivity index (χ1n) is 19.4. The van der Waals surface area contributed by atoms with Crippen molar-refractivity contribution in [1.29, 1.82) is 0 Å². The molecule has 2 aliphatic rings. The molecule has 2 saturated heterocycles. The molecule has 4 aromatic carbocycles. The van der Waals surface area contributed by atoms with Gasteiger partial charge in [-0.05, 0) is 85.8 Å². The van der Waals surface area contributed by atoms with Gasteiger partial charge in [-0.25, -0.2) is 19.9 Å². The van der Waals surface area contributed by atoms with E-state index >= 15 is 0 Å². The molecular weight excluding hydrogens is 705 g/mol. The molecule has 2 aliphatic heterocycles. The van der Waals surface area contributed by atoms with Gasteiger partial charge in [-0.1, -0.05) is 50.2 Å². The van der Waals surface area contributed by atoms with E-state index in [0.717, 1.165) is 70.7 Å². The summed E-state index contributed by atoms with van der Waals surface area (Å²) in [5.41, 5.74) is 5.24. The Morgan fingerprint density at radius 2 is 1.12 bits per heavy atom. The zero-order valence-electron chi connectivity index (χ0n) is 32.5. The fourth-order valence-corrected chi connectivity index (χ4v) is 7.27. The lowest BCUT2D eigenvalue weighted by Crippen LogP contribution is -2.52. The van der Waals surface area contributed by atoms with Crippen molar-refractivity contribution >= 4 is 39.3 Å². The van der Waals surface area contributed by atoms with Crippen LogP contribution in [0.4, 0.5) is 11.6 Å². The number of phenols is 2. The Balaban J connectivity index is 0.000000178. The van der Waals surface area contributed by atoms with Gasteiger partial charge in [0.25, 0.3) is 5.91 Å². The SMILES string of the molecule is Cc1ccc2c(N3CCN(C(=O)[C@H](O)CC(C)C)CC3)nc(-c3ccccc3O)nc2c1.Cc1ccc2c(N3CCNCC3)nc(-c3ccccc3O)nc2c1. The highest BCUT2D eigenvalue weighted by atomic mass is 16.3. The fourth-order valence-electron chi connectivity index (χ4n) is 7.27. The van der Waals surface area contributed by atoms with Crippen molar-refractivity contribution in [2.75, 3.05) is 62.2 Å². The highest BCUT2D eigenvalue weighted by Gasteiger charge is 2.28. The standard InChI is InChI=1S/C25H30N4O3.C19H20N4O/c1-16(2)14-22(31)25(32)29-12-10-28(11-13-29)24-18-9-8-17(3)15-20(18)26-23(27-24)19-6-4-5-7-21(19)30;1-13-6-7-14-16(12-13)21-18(15-4-2-3-5-17(15)24)22-19(14)23-10-8-20-9-11-23/h4-9,15-16,22,30-31H,10-14H2,1-3H3;2-7,12,20,24H,8-11H2,1H3/t22-;/m1./s1. The van der Waals surface area contributed by atoms with E-state index < -0.39 is 6.10 Å². The van der Waals surface area contributed by atoms with Gasteiger partial charge in [-0.2, -0.15) is 0 Å². The molecule has 12 heteroatoms. The molecule has 4 heterocycles. The third-order valence-electron chi connectivity index (χ3n) is 10.2. The van der Waals surface area contributed by atoms with Gasteiger partial charge < -0.3 is 35.3 Å². The van der Waals surface area contributed by atoms with Crippen molar-refractivity contribution < 1.29 is 20.1 Å². The van der Waals surface area contributed by atoms with Crippen LogP contribution in [0.25, 0.3) is 44.6 Å².